The third kappa shape index (κ3) is 9.59. The molecule has 126 valence electrons. The summed E-state index contributed by atoms with van der Waals surface area (Å²) in [5, 5.41) is 8.67. The molecule has 0 radical (unpaired) electrons. The number of aliphatic carboxylic acids is 1. The first-order valence-corrected chi connectivity index (χ1v) is 8.99. The predicted molar refractivity (Wildman–Crippen MR) is 88.7 cm³/mol. The molecule has 0 saturated heterocycles. The van der Waals surface area contributed by atoms with Crippen molar-refractivity contribution in [3.8, 4) is 0 Å². The van der Waals surface area contributed by atoms with Crippen LogP contribution in [-0.4, -0.2) is 15.6 Å². The lowest BCUT2D eigenvalue weighted by atomic mass is 10.1. The highest BCUT2D eigenvalue weighted by molar-refractivity contribution is 5.66. The number of hydrogen-bond acceptors (Lipinski definition) is 1. The summed E-state index contributed by atoms with van der Waals surface area (Å²) < 4.78 is 4.11. The van der Waals surface area contributed by atoms with Gasteiger partial charge in [-0.2, -0.15) is 0 Å². The Morgan fingerprint density at radius 3 is 2.18 bits per heavy atom. The summed E-state index contributed by atoms with van der Waals surface area (Å²) in [6.07, 6.45) is 19.7. The number of rotatable bonds is 14. The van der Waals surface area contributed by atoms with Crippen LogP contribution >= 0.6 is 0 Å². The van der Waals surface area contributed by atoms with E-state index in [-0.39, 0.29) is 6.42 Å². The predicted octanol–water partition coefficient (Wildman–Crippen LogP) is 4.17. The Morgan fingerprint density at radius 1 is 1.00 bits per heavy atom. The molecule has 1 aromatic heterocycles. The van der Waals surface area contributed by atoms with E-state index in [1.54, 1.807) is 0 Å². The van der Waals surface area contributed by atoms with E-state index in [9.17, 15) is 4.79 Å². The Hall–Kier alpha value is -1.32. The molecule has 4 heteroatoms. The van der Waals surface area contributed by atoms with Crippen molar-refractivity contribution in [1.29, 1.82) is 0 Å². The van der Waals surface area contributed by atoms with E-state index < -0.39 is 5.97 Å². The third-order valence-electron chi connectivity index (χ3n) is 4.10. The number of unbranched alkanes of at least 4 members (excludes halogenated alkanes) is 9. The molecular weight excluding hydrogens is 276 g/mol. The maximum atomic E-state index is 10.5. The highest BCUT2D eigenvalue weighted by Crippen LogP contribution is 2.10. The number of aromatic nitrogens is 2. The van der Waals surface area contributed by atoms with Gasteiger partial charge >= 0.3 is 5.97 Å². The quantitative estimate of drug-likeness (QED) is 0.414. The van der Waals surface area contributed by atoms with E-state index in [0.29, 0.717) is 6.54 Å². The molecule has 0 unspecified atom stereocenters. The van der Waals surface area contributed by atoms with E-state index >= 15 is 0 Å². The van der Waals surface area contributed by atoms with Gasteiger partial charge in [-0.25, -0.2) is 9.13 Å². The molecule has 0 aliphatic heterocycles. The van der Waals surface area contributed by atoms with Gasteiger partial charge in [0.05, 0.1) is 13.0 Å². The molecular formula is C18H33N2O2+. The number of hydrogen-bond donors (Lipinski definition) is 1. The van der Waals surface area contributed by atoms with Crippen LogP contribution < -0.4 is 4.57 Å². The zero-order chi connectivity index (χ0) is 16.0. The van der Waals surface area contributed by atoms with E-state index in [0.717, 1.165) is 6.54 Å². The second-order valence-corrected chi connectivity index (χ2v) is 6.21. The number of carboxylic acids is 1. The Bertz CT molecular complexity index is 402. The minimum atomic E-state index is -0.741. The van der Waals surface area contributed by atoms with Crippen molar-refractivity contribution in [3.63, 3.8) is 0 Å². The van der Waals surface area contributed by atoms with Crippen molar-refractivity contribution in [3.05, 3.63) is 18.7 Å². The van der Waals surface area contributed by atoms with Gasteiger partial charge in [-0.05, 0) is 12.8 Å². The molecule has 0 aliphatic rings. The van der Waals surface area contributed by atoms with Crippen molar-refractivity contribution in [2.75, 3.05) is 0 Å². The first-order valence-electron chi connectivity index (χ1n) is 8.99. The smallest absolute Gasteiger partial charge is 0.307 e. The minimum Gasteiger partial charge on any atom is -0.481 e. The molecule has 22 heavy (non-hydrogen) atoms. The third-order valence-corrected chi connectivity index (χ3v) is 4.10. The summed E-state index contributed by atoms with van der Waals surface area (Å²) in [4.78, 5) is 10.5. The van der Waals surface area contributed by atoms with E-state index in [1.165, 1.54) is 64.2 Å². The molecule has 0 fully saturated rings. The van der Waals surface area contributed by atoms with Crippen LogP contribution in [0.15, 0.2) is 18.7 Å². The second-order valence-electron chi connectivity index (χ2n) is 6.21. The highest BCUT2D eigenvalue weighted by atomic mass is 16.4. The molecule has 0 amide bonds. The van der Waals surface area contributed by atoms with Gasteiger partial charge in [0.1, 0.15) is 18.9 Å². The van der Waals surface area contributed by atoms with Crippen LogP contribution in [0, 0.1) is 0 Å². The molecule has 0 atom stereocenters. The average Bonchev–Trinajstić information content (AvgIpc) is 2.95. The molecule has 0 spiro atoms. The van der Waals surface area contributed by atoms with Crippen molar-refractivity contribution >= 4 is 5.97 Å². The highest BCUT2D eigenvalue weighted by Gasteiger charge is 2.05. The summed E-state index contributed by atoms with van der Waals surface area (Å²) in [6.45, 7) is 3.86. The lowest BCUT2D eigenvalue weighted by Gasteiger charge is -2.01. The van der Waals surface area contributed by atoms with Gasteiger partial charge in [-0.15, -0.1) is 0 Å². The zero-order valence-corrected chi connectivity index (χ0v) is 14.2. The van der Waals surface area contributed by atoms with Gasteiger partial charge < -0.3 is 5.11 Å². The van der Waals surface area contributed by atoms with Gasteiger partial charge in [0.2, 0.25) is 6.33 Å². The second kappa shape index (κ2) is 12.2. The molecule has 0 saturated carbocycles. The van der Waals surface area contributed by atoms with E-state index in [4.69, 9.17) is 5.11 Å². The van der Waals surface area contributed by atoms with Crippen LogP contribution in [0.1, 0.15) is 77.6 Å². The van der Waals surface area contributed by atoms with Crippen LogP contribution in [0.5, 0.6) is 0 Å². The van der Waals surface area contributed by atoms with Crippen LogP contribution in [0.2, 0.25) is 0 Å². The lowest BCUT2D eigenvalue weighted by molar-refractivity contribution is -0.696. The monoisotopic (exact) mass is 309 g/mol. The van der Waals surface area contributed by atoms with Gasteiger partial charge in [0.25, 0.3) is 0 Å². The first kappa shape index (κ1) is 18.7. The summed E-state index contributed by atoms with van der Waals surface area (Å²) >= 11 is 0. The van der Waals surface area contributed by atoms with Crippen LogP contribution in [0.4, 0.5) is 0 Å². The van der Waals surface area contributed by atoms with E-state index in [1.807, 2.05) is 23.3 Å². The molecule has 1 rings (SSSR count). The van der Waals surface area contributed by atoms with Crippen molar-refractivity contribution in [2.45, 2.75) is 90.6 Å². The molecule has 1 heterocycles. The van der Waals surface area contributed by atoms with Crippen LogP contribution in [0.25, 0.3) is 0 Å². The Labute approximate surface area is 135 Å². The van der Waals surface area contributed by atoms with Gasteiger partial charge in [-0.3, -0.25) is 4.79 Å². The molecule has 4 nitrogen and oxygen atoms in total. The SMILES string of the molecule is CCCCCCCCCCCC[n+]1ccn(CCC(=O)O)c1. The fourth-order valence-electron chi connectivity index (χ4n) is 2.71. The summed E-state index contributed by atoms with van der Waals surface area (Å²) in [5.74, 6) is -0.741. The zero-order valence-electron chi connectivity index (χ0n) is 14.2. The van der Waals surface area contributed by atoms with E-state index in [2.05, 4.69) is 11.5 Å². The summed E-state index contributed by atoms with van der Waals surface area (Å²) in [7, 11) is 0. The Balaban J connectivity index is 1.95. The molecule has 0 aliphatic carbocycles. The van der Waals surface area contributed by atoms with Crippen LogP contribution in [0.3, 0.4) is 0 Å². The molecule has 0 bridgehead atoms. The lowest BCUT2D eigenvalue weighted by Crippen LogP contribution is -2.30. The number of aryl methyl sites for hydroxylation is 2. The standard InChI is InChI=1S/C18H32N2O2/c1-2-3-4-5-6-7-8-9-10-11-13-19-15-16-20(17-19)14-12-18(21)22/h15-17H,2-14H2,1H3/p+1. The first-order chi connectivity index (χ1) is 10.7. The molecule has 1 aromatic rings. The fraction of sp³-hybridized carbons (Fsp3) is 0.778. The summed E-state index contributed by atoms with van der Waals surface area (Å²) in [6, 6.07) is 0. The number of carbonyl (C=O) groups is 1. The maximum Gasteiger partial charge on any atom is 0.307 e. The van der Waals surface area contributed by atoms with Crippen molar-refractivity contribution in [2.24, 2.45) is 0 Å². The maximum absolute atomic E-state index is 10.5. The average molecular weight is 309 g/mol. The van der Waals surface area contributed by atoms with Crippen molar-refractivity contribution in [1.82, 2.24) is 4.57 Å². The number of nitrogens with zero attached hydrogens (tertiary/aromatic N) is 2. The van der Waals surface area contributed by atoms with Gasteiger partial charge in [0.15, 0.2) is 0 Å². The van der Waals surface area contributed by atoms with Crippen molar-refractivity contribution < 1.29 is 14.5 Å². The fourth-order valence-corrected chi connectivity index (χ4v) is 2.71. The van der Waals surface area contributed by atoms with Gasteiger partial charge in [0, 0.05) is 0 Å². The topological polar surface area (TPSA) is 46.1 Å². The Morgan fingerprint density at radius 2 is 1.59 bits per heavy atom. The number of carboxylic acid groups (broad SMARTS) is 1. The number of imidazole rings is 1. The molecule has 1 N–H and O–H groups in total. The minimum absolute atomic E-state index is 0.187. The largest absolute Gasteiger partial charge is 0.481 e. The molecule has 0 aromatic carbocycles. The Kier molecular flexibility index (Phi) is 10.4. The van der Waals surface area contributed by atoms with Crippen LogP contribution in [-0.2, 0) is 17.9 Å². The summed E-state index contributed by atoms with van der Waals surface area (Å²) in [5.41, 5.74) is 0. The van der Waals surface area contributed by atoms with Gasteiger partial charge in [-0.1, -0.05) is 58.3 Å². The normalized spacial score (nSPS) is 11.0.